The zero-order chi connectivity index (χ0) is 19.4. The summed E-state index contributed by atoms with van der Waals surface area (Å²) in [6.45, 7) is 3.44. The van der Waals surface area contributed by atoms with Crippen LogP contribution >= 0.6 is 0 Å². The Bertz CT molecular complexity index is 1050. The second kappa shape index (κ2) is 7.50. The van der Waals surface area contributed by atoms with Crippen LogP contribution < -0.4 is 10.0 Å². The maximum absolute atomic E-state index is 12.5. The van der Waals surface area contributed by atoms with Crippen LogP contribution in [0.1, 0.15) is 22.0 Å². The summed E-state index contributed by atoms with van der Waals surface area (Å²) in [5.41, 5.74) is 1.39. The van der Waals surface area contributed by atoms with Gasteiger partial charge in [0.05, 0.1) is 4.90 Å². The van der Waals surface area contributed by atoms with Gasteiger partial charge in [0.25, 0.3) is 15.9 Å². The highest BCUT2D eigenvalue weighted by molar-refractivity contribution is 7.92. The number of nitrogens with one attached hydrogen (secondary N) is 2. The third-order valence-electron chi connectivity index (χ3n) is 3.52. The zero-order valence-corrected chi connectivity index (χ0v) is 15.5. The second-order valence-electron chi connectivity index (χ2n) is 5.74. The van der Waals surface area contributed by atoms with E-state index in [1.807, 2.05) is 0 Å². The van der Waals surface area contributed by atoms with E-state index in [9.17, 15) is 13.2 Å². The van der Waals surface area contributed by atoms with Gasteiger partial charge in [0.1, 0.15) is 17.3 Å². The molecule has 138 valence electrons. The van der Waals surface area contributed by atoms with Gasteiger partial charge >= 0.3 is 0 Å². The highest BCUT2D eigenvalue weighted by Gasteiger charge is 2.16. The first kappa shape index (κ1) is 18.5. The molecule has 0 bridgehead atoms. The Hall–Kier alpha value is -3.33. The molecule has 0 saturated carbocycles. The SMILES string of the molecule is Cc1cc(NS(=O)(=O)c2ccc(NC(=O)c3ccccn3)cc2)nc(C)n1. The van der Waals surface area contributed by atoms with Crippen LogP contribution in [0.2, 0.25) is 0 Å². The standard InChI is InChI=1S/C18H17N5O3S/c1-12-11-17(21-13(2)20-12)23-27(25,26)15-8-6-14(7-9-15)22-18(24)16-5-3-4-10-19-16/h3-11H,1-2H3,(H,22,24)(H,20,21,23). The molecule has 0 aliphatic rings. The normalized spacial score (nSPS) is 11.0. The second-order valence-corrected chi connectivity index (χ2v) is 7.42. The van der Waals surface area contributed by atoms with Crippen molar-refractivity contribution in [3.63, 3.8) is 0 Å². The summed E-state index contributed by atoms with van der Waals surface area (Å²) in [6, 6.07) is 12.4. The van der Waals surface area contributed by atoms with E-state index in [0.29, 0.717) is 17.2 Å². The molecule has 0 saturated heterocycles. The average molecular weight is 383 g/mol. The molecule has 0 atom stereocenters. The number of aromatic nitrogens is 3. The van der Waals surface area contributed by atoms with Crippen molar-refractivity contribution in [2.45, 2.75) is 18.7 Å². The third-order valence-corrected chi connectivity index (χ3v) is 4.90. The fraction of sp³-hybridized carbons (Fsp3) is 0.111. The number of sulfonamides is 1. The highest BCUT2D eigenvalue weighted by atomic mass is 32.2. The van der Waals surface area contributed by atoms with Crippen molar-refractivity contribution in [1.29, 1.82) is 0 Å². The van der Waals surface area contributed by atoms with Crippen LogP contribution in [0.25, 0.3) is 0 Å². The summed E-state index contributed by atoms with van der Waals surface area (Å²) in [4.78, 5) is 24.3. The lowest BCUT2D eigenvalue weighted by molar-refractivity contribution is 0.102. The summed E-state index contributed by atoms with van der Waals surface area (Å²) < 4.78 is 27.4. The van der Waals surface area contributed by atoms with Gasteiger partial charge in [-0.1, -0.05) is 6.07 Å². The number of nitrogens with zero attached hydrogens (tertiary/aromatic N) is 3. The van der Waals surface area contributed by atoms with E-state index in [-0.39, 0.29) is 22.3 Å². The predicted molar refractivity (Wildman–Crippen MR) is 101 cm³/mol. The molecule has 2 aromatic heterocycles. The monoisotopic (exact) mass is 383 g/mol. The van der Waals surface area contributed by atoms with Gasteiger partial charge in [-0.3, -0.25) is 14.5 Å². The van der Waals surface area contributed by atoms with Gasteiger partial charge in [-0.05, 0) is 50.2 Å². The number of rotatable bonds is 5. The van der Waals surface area contributed by atoms with E-state index >= 15 is 0 Å². The molecule has 0 spiro atoms. The van der Waals surface area contributed by atoms with Crippen molar-refractivity contribution in [1.82, 2.24) is 15.0 Å². The molecule has 2 N–H and O–H groups in total. The molecule has 1 aromatic carbocycles. The summed E-state index contributed by atoms with van der Waals surface area (Å²) in [7, 11) is -3.81. The van der Waals surface area contributed by atoms with Crippen LogP contribution in [0.15, 0.2) is 59.6 Å². The quantitative estimate of drug-likeness (QED) is 0.700. The maximum atomic E-state index is 12.5. The molecule has 9 heteroatoms. The Morgan fingerprint density at radius 2 is 1.74 bits per heavy atom. The molecule has 8 nitrogen and oxygen atoms in total. The Kier molecular flexibility index (Phi) is 5.13. The molecule has 3 aromatic rings. The van der Waals surface area contributed by atoms with Crippen LogP contribution in [-0.4, -0.2) is 29.3 Å². The number of hydrogen-bond donors (Lipinski definition) is 2. The topological polar surface area (TPSA) is 114 Å². The van der Waals surface area contributed by atoms with E-state index in [0.717, 1.165) is 0 Å². The average Bonchev–Trinajstić information content (AvgIpc) is 2.61. The Morgan fingerprint density at radius 1 is 1.00 bits per heavy atom. The van der Waals surface area contributed by atoms with Crippen molar-refractivity contribution in [3.8, 4) is 0 Å². The Labute approximate surface area is 156 Å². The van der Waals surface area contributed by atoms with Crippen LogP contribution in [0.3, 0.4) is 0 Å². The molecular weight excluding hydrogens is 366 g/mol. The van der Waals surface area contributed by atoms with Crippen molar-refractivity contribution >= 4 is 27.4 Å². The molecule has 1 amide bonds. The lowest BCUT2D eigenvalue weighted by Gasteiger charge is -2.10. The molecule has 0 radical (unpaired) electrons. The number of benzene rings is 1. The lowest BCUT2D eigenvalue weighted by Crippen LogP contribution is -2.15. The Balaban J connectivity index is 1.75. The number of carbonyl (C=O) groups excluding carboxylic acids is 1. The largest absolute Gasteiger partial charge is 0.321 e. The summed E-state index contributed by atoms with van der Waals surface area (Å²) in [5, 5.41) is 2.66. The third kappa shape index (κ3) is 4.64. The van der Waals surface area contributed by atoms with E-state index in [4.69, 9.17) is 0 Å². The van der Waals surface area contributed by atoms with Gasteiger partial charge in [-0.15, -0.1) is 0 Å². The van der Waals surface area contributed by atoms with Crippen LogP contribution in [0, 0.1) is 13.8 Å². The lowest BCUT2D eigenvalue weighted by atomic mass is 10.3. The summed E-state index contributed by atoms with van der Waals surface area (Å²) in [6.07, 6.45) is 1.52. The molecule has 0 fully saturated rings. The smallest absolute Gasteiger partial charge is 0.274 e. The maximum Gasteiger partial charge on any atom is 0.274 e. The van der Waals surface area contributed by atoms with Gasteiger partial charge in [0.2, 0.25) is 0 Å². The van der Waals surface area contributed by atoms with E-state index in [1.165, 1.54) is 30.5 Å². The van der Waals surface area contributed by atoms with Crippen molar-refractivity contribution in [2.75, 3.05) is 10.0 Å². The molecule has 3 rings (SSSR count). The minimum atomic E-state index is -3.81. The minimum Gasteiger partial charge on any atom is -0.321 e. The van der Waals surface area contributed by atoms with Gasteiger partial charge < -0.3 is 5.32 Å². The fourth-order valence-corrected chi connectivity index (χ4v) is 3.37. The van der Waals surface area contributed by atoms with Crippen molar-refractivity contribution in [2.24, 2.45) is 0 Å². The van der Waals surface area contributed by atoms with Gasteiger partial charge in [0, 0.05) is 23.6 Å². The van der Waals surface area contributed by atoms with Crippen LogP contribution in [0.4, 0.5) is 11.5 Å². The summed E-state index contributed by atoms with van der Waals surface area (Å²) >= 11 is 0. The zero-order valence-electron chi connectivity index (χ0n) is 14.7. The number of aryl methyl sites for hydroxylation is 2. The number of carbonyl (C=O) groups is 1. The van der Waals surface area contributed by atoms with Gasteiger partial charge in [-0.25, -0.2) is 18.4 Å². The van der Waals surface area contributed by atoms with Gasteiger partial charge in [-0.2, -0.15) is 0 Å². The van der Waals surface area contributed by atoms with Crippen molar-refractivity contribution < 1.29 is 13.2 Å². The van der Waals surface area contributed by atoms with Gasteiger partial charge in [0.15, 0.2) is 0 Å². The highest BCUT2D eigenvalue weighted by Crippen LogP contribution is 2.18. The molecule has 2 heterocycles. The van der Waals surface area contributed by atoms with E-state index < -0.39 is 10.0 Å². The fourth-order valence-electron chi connectivity index (χ4n) is 2.38. The first-order valence-corrected chi connectivity index (χ1v) is 9.49. The summed E-state index contributed by atoms with van der Waals surface area (Å²) in [5.74, 6) is 0.295. The van der Waals surface area contributed by atoms with Crippen molar-refractivity contribution in [3.05, 3.63) is 71.9 Å². The first-order valence-electron chi connectivity index (χ1n) is 8.01. The van der Waals surface area contributed by atoms with E-state index in [2.05, 4.69) is 25.0 Å². The number of hydrogen-bond acceptors (Lipinski definition) is 6. The predicted octanol–water partition coefficient (Wildman–Crippen LogP) is 2.54. The number of anilines is 2. The molecule has 0 unspecified atom stereocenters. The number of pyridine rings is 1. The number of amides is 1. The Morgan fingerprint density at radius 3 is 2.37 bits per heavy atom. The van der Waals surface area contributed by atoms with E-state index in [1.54, 1.807) is 38.1 Å². The molecular formula is C18H17N5O3S. The van der Waals surface area contributed by atoms with Crippen LogP contribution in [-0.2, 0) is 10.0 Å². The minimum absolute atomic E-state index is 0.0484. The first-order chi connectivity index (χ1) is 12.8. The molecule has 27 heavy (non-hydrogen) atoms. The molecule has 0 aliphatic heterocycles. The van der Waals surface area contributed by atoms with Crippen LogP contribution in [0.5, 0.6) is 0 Å². The molecule has 0 aliphatic carbocycles.